The summed E-state index contributed by atoms with van der Waals surface area (Å²) in [4.78, 5) is 13.6. The maximum absolute atomic E-state index is 12.6. The molecule has 2 N–H and O–H groups in total. The number of aryl methyl sites for hydroxylation is 2. The van der Waals surface area contributed by atoms with Gasteiger partial charge in [0.05, 0.1) is 18.3 Å². The van der Waals surface area contributed by atoms with Crippen LogP contribution in [0.15, 0.2) is 23.7 Å². The molecule has 0 radical (unpaired) electrons. The average molecular weight is 383 g/mol. The lowest BCUT2D eigenvalue weighted by Crippen LogP contribution is -2.57. The van der Waals surface area contributed by atoms with Crippen LogP contribution in [0.2, 0.25) is 0 Å². The van der Waals surface area contributed by atoms with Crippen molar-refractivity contribution >= 4 is 27.5 Å². The quantitative estimate of drug-likeness (QED) is 0.812. The molecule has 2 aromatic rings. The molecule has 0 spiro atoms. The lowest BCUT2D eigenvalue weighted by molar-refractivity contribution is -0.125. The Kier molecular flexibility index (Phi) is 4.96. The Morgan fingerprint density at radius 1 is 1.48 bits per heavy atom. The van der Waals surface area contributed by atoms with Gasteiger partial charge in [-0.25, -0.2) is 0 Å². The van der Waals surface area contributed by atoms with Crippen LogP contribution in [0, 0.1) is 6.92 Å². The van der Waals surface area contributed by atoms with Gasteiger partial charge < -0.3 is 5.32 Å². The summed E-state index contributed by atoms with van der Waals surface area (Å²) in [5.41, 5.74) is 1.53. The maximum Gasteiger partial charge on any atom is 0.280 e. The summed E-state index contributed by atoms with van der Waals surface area (Å²) < 4.78 is 30.3. The highest BCUT2D eigenvalue weighted by molar-refractivity contribution is 7.87. The number of thiophene rings is 1. The van der Waals surface area contributed by atoms with E-state index in [9.17, 15) is 13.2 Å². The molecule has 1 amide bonds. The van der Waals surface area contributed by atoms with E-state index in [1.54, 1.807) is 29.3 Å². The fourth-order valence-electron chi connectivity index (χ4n) is 2.98. The van der Waals surface area contributed by atoms with Gasteiger partial charge in [0.15, 0.2) is 0 Å². The highest BCUT2D eigenvalue weighted by atomic mass is 32.2. The van der Waals surface area contributed by atoms with Crippen molar-refractivity contribution in [1.82, 2.24) is 24.1 Å². The molecule has 3 rings (SSSR count). The van der Waals surface area contributed by atoms with Crippen molar-refractivity contribution < 1.29 is 13.2 Å². The second-order valence-electron chi connectivity index (χ2n) is 6.08. The first-order valence-electron chi connectivity index (χ1n) is 7.83. The molecule has 1 aliphatic rings. The van der Waals surface area contributed by atoms with Gasteiger partial charge in [-0.05, 0) is 24.8 Å². The van der Waals surface area contributed by atoms with Crippen LogP contribution in [0.4, 0.5) is 0 Å². The fourth-order valence-corrected chi connectivity index (χ4v) is 4.89. The Bertz CT molecular complexity index is 860. The summed E-state index contributed by atoms with van der Waals surface area (Å²) in [7, 11) is -0.541. The molecule has 3 heterocycles. The topological polar surface area (TPSA) is 96.3 Å². The van der Waals surface area contributed by atoms with Crippen molar-refractivity contribution in [2.45, 2.75) is 32.0 Å². The molecule has 1 fully saturated rings. The highest BCUT2D eigenvalue weighted by Gasteiger charge is 2.41. The van der Waals surface area contributed by atoms with E-state index in [1.807, 2.05) is 24.4 Å². The number of carbonyl (C=O) groups is 1. The van der Waals surface area contributed by atoms with E-state index >= 15 is 0 Å². The second-order valence-corrected chi connectivity index (χ2v) is 8.88. The third kappa shape index (κ3) is 3.76. The van der Waals surface area contributed by atoms with Gasteiger partial charge in [-0.15, -0.1) is 11.3 Å². The molecule has 0 aromatic carbocycles. The summed E-state index contributed by atoms with van der Waals surface area (Å²) in [5, 5.41) is 9.03. The molecule has 0 aliphatic carbocycles. The van der Waals surface area contributed by atoms with Gasteiger partial charge in [-0.2, -0.15) is 22.5 Å². The molecular weight excluding hydrogens is 362 g/mol. The lowest BCUT2D eigenvalue weighted by atomic mass is 10.00. The first kappa shape index (κ1) is 18.1. The van der Waals surface area contributed by atoms with Crippen LogP contribution in [-0.2, 0) is 28.6 Å². The van der Waals surface area contributed by atoms with Crippen molar-refractivity contribution in [2.24, 2.45) is 7.05 Å². The van der Waals surface area contributed by atoms with E-state index in [0.717, 1.165) is 20.4 Å². The number of hydrogen-bond donors (Lipinski definition) is 2. The number of nitrogens with zero attached hydrogens (tertiary/aromatic N) is 3. The maximum atomic E-state index is 12.6. The summed E-state index contributed by atoms with van der Waals surface area (Å²) in [5.74, 6) is -0.299. The predicted octanol–water partition coefficient (Wildman–Crippen LogP) is 0.686. The Hall–Kier alpha value is -1.75. The molecule has 0 bridgehead atoms. The molecule has 2 aromatic heterocycles. The number of rotatable bonds is 4. The number of aromatic nitrogens is 2. The Morgan fingerprint density at radius 2 is 2.24 bits per heavy atom. The number of amides is 1. The number of likely N-dealkylation sites (N-methyl/N-ethyl adjacent to an activating group) is 1. The summed E-state index contributed by atoms with van der Waals surface area (Å²) >= 11 is 1.54. The van der Waals surface area contributed by atoms with E-state index in [1.165, 1.54) is 7.05 Å². The van der Waals surface area contributed by atoms with Crippen LogP contribution in [-0.4, -0.2) is 41.5 Å². The molecule has 136 valence electrons. The first-order valence-corrected chi connectivity index (χ1v) is 10.2. The first-order chi connectivity index (χ1) is 11.8. The molecule has 1 saturated heterocycles. The predicted molar refractivity (Wildman–Crippen MR) is 95.1 cm³/mol. The van der Waals surface area contributed by atoms with Gasteiger partial charge in [-0.1, -0.05) is 6.07 Å². The average Bonchev–Trinajstić information content (AvgIpc) is 3.16. The molecule has 8 nitrogen and oxygen atoms in total. The van der Waals surface area contributed by atoms with Crippen LogP contribution in [0.1, 0.15) is 28.6 Å². The monoisotopic (exact) mass is 383 g/mol. The second kappa shape index (κ2) is 6.87. The van der Waals surface area contributed by atoms with E-state index in [-0.39, 0.29) is 5.91 Å². The number of nitrogens with one attached hydrogen (secondary N) is 2. The van der Waals surface area contributed by atoms with Crippen LogP contribution >= 0.6 is 11.3 Å². The van der Waals surface area contributed by atoms with Gasteiger partial charge in [0.1, 0.15) is 6.04 Å². The minimum atomic E-state index is -3.74. The zero-order chi connectivity index (χ0) is 18.2. The third-order valence-electron chi connectivity index (χ3n) is 4.31. The molecular formula is C15H21N5O3S2. The van der Waals surface area contributed by atoms with E-state index in [2.05, 4.69) is 15.1 Å². The number of carbonyl (C=O) groups excluding carboxylic acids is 1. The van der Waals surface area contributed by atoms with Gasteiger partial charge in [0, 0.05) is 30.7 Å². The zero-order valence-electron chi connectivity index (χ0n) is 14.3. The third-order valence-corrected chi connectivity index (χ3v) is 6.79. The van der Waals surface area contributed by atoms with E-state index in [0.29, 0.717) is 13.0 Å². The van der Waals surface area contributed by atoms with Crippen molar-refractivity contribution in [3.05, 3.63) is 39.8 Å². The van der Waals surface area contributed by atoms with Gasteiger partial charge in [-0.3, -0.25) is 9.48 Å². The minimum Gasteiger partial charge on any atom is -0.350 e. The Balaban J connectivity index is 1.79. The van der Waals surface area contributed by atoms with Gasteiger partial charge in [0.2, 0.25) is 5.91 Å². The van der Waals surface area contributed by atoms with Gasteiger partial charge in [0.25, 0.3) is 10.2 Å². The van der Waals surface area contributed by atoms with E-state index < -0.39 is 22.3 Å². The zero-order valence-corrected chi connectivity index (χ0v) is 15.9. The summed E-state index contributed by atoms with van der Waals surface area (Å²) in [6, 6.07) is 2.59. The number of hydrogen-bond acceptors (Lipinski definition) is 5. The highest BCUT2D eigenvalue weighted by Crippen LogP contribution is 2.29. The molecule has 25 heavy (non-hydrogen) atoms. The fraction of sp³-hybridized carbons (Fsp3) is 0.467. The van der Waals surface area contributed by atoms with Crippen LogP contribution in [0.3, 0.4) is 0 Å². The van der Waals surface area contributed by atoms with Crippen molar-refractivity contribution in [2.75, 3.05) is 7.05 Å². The van der Waals surface area contributed by atoms with Crippen molar-refractivity contribution in [1.29, 1.82) is 0 Å². The largest absolute Gasteiger partial charge is 0.350 e. The lowest BCUT2D eigenvalue weighted by Gasteiger charge is -2.36. The summed E-state index contributed by atoms with van der Waals surface area (Å²) in [6.07, 6.45) is 2.13. The Labute approximate surface area is 151 Å². The van der Waals surface area contributed by atoms with Crippen LogP contribution in [0.25, 0.3) is 0 Å². The SMILES string of the molecule is Cc1nn(C)cc1C1CC(C(=O)NCc2cccs2)N(C)S(=O)(=O)N1. The molecule has 1 aliphatic heterocycles. The molecule has 10 heteroatoms. The molecule has 2 atom stereocenters. The molecule has 2 unspecified atom stereocenters. The van der Waals surface area contributed by atoms with Crippen molar-refractivity contribution in [3.8, 4) is 0 Å². The van der Waals surface area contributed by atoms with E-state index in [4.69, 9.17) is 0 Å². The van der Waals surface area contributed by atoms with Crippen molar-refractivity contribution in [3.63, 3.8) is 0 Å². The normalized spacial score (nSPS) is 23.5. The Morgan fingerprint density at radius 3 is 2.84 bits per heavy atom. The van der Waals surface area contributed by atoms with Crippen LogP contribution in [0.5, 0.6) is 0 Å². The standard InChI is InChI=1S/C15H21N5O3S2/c1-10-12(9-19(2)17-10)13-7-14(20(3)25(22,23)18-13)15(21)16-8-11-5-4-6-24-11/h4-6,9,13-14,18H,7-8H2,1-3H3,(H,16,21). The minimum absolute atomic E-state index is 0.299. The molecule has 0 saturated carbocycles. The smallest absolute Gasteiger partial charge is 0.280 e. The van der Waals surface area contributed by atoms with Crippen LogP contribution < -0.4 is 10.0 Å². The van der Waals surface area contributed by atoms with Gasteiger partial charge >= 0.3 is 0 Å². The summed E-state index contributed by atoms with van der Waals surface area (Å²) in [6.45, 7) is 2.22.